The number of benzene rings is 3. The van der Waals surface area contributed by atoms with Crippen LogP contribution in [0.3, 0.4) is 0 Å². The van der Waals surface area contributed by atoms with E-state index >= 15 is 0 Å². The highest BCUT2D eigenvalue weighted by molar-refractivity contribution is 5.97. The lowest BCUT2D eigenvalue weighted by Crippen LogP contribution is -2.62. The highest BCUT2D eigenvalue weighted by atomic mass is 16.5. The largest absolute Gasteiger partial charge is 0.497 e. The molecule has 3 aromatic carbocycles. The maximum atomic E-state index is 13.9. The number of nitrogens with one attached hydrogen (secondary N) is 1. The molecular formula is C30H29N3O4. The Labute approximate surface area is 215 Å². The van der Waals surface area contributed by atoms with Gasteiger partial charge in [-0.3, -0.25) is 9.59 Å². The van der Waals surface area contributed by atoms with Crippen LogP contribution in [0.15, 0.2) is 66.7 Å². The number of hydrogen-bond acceptors (Lipinski definition) is 4. The quantitative estimate of drug-likeness (QED) is 0.446. The zero-order chi connectivity index (χ0) is 25.7. The maximum absolute atomic E-state index is 13.9. The molecule has 2 amide bonds. The van der Waals surface area contributed by atoms with Gasteiger partial charge in [0.1, 0.15) is 30.1 Å². The van der Waals surface area contributed by atoms with E-state index in [-0.39, 0.29) is 18.4 Å². The first-order valence-electron chi connectivity index (χ1n) is 12.5. The summed E-state index contributed by atoms with van der Waals surface area (Å²) in [5.74, 6) is 1.16. The molecule has 0 spiro atoms. The molecule has 7 heteroatoms. The first kappa shape index (κ1) is 23.2. The van der Waals surface area contributed by atoms with Gasteiger partial charge in [0.25, 0.3) is 0 Å². The van der Waals surface area contributed by atoms with Crippen molar-refractivity contribution in [2.24, 2.45) is 0 Å². The van der Waals surface area contributed by atoms with Crippen LogP contribution in [-0.4, -0.2) is 53.4 Å². The van der Waals surface area contributed by atoms with Crippen LogP contribution in [0.2, 0.25) is 0 Å². The molecule has 2 atom stereocenters. The van der Waals surface area contributed by atoms with E-state index in [0.717, 1.165) is 38.9 Å². The lowest BCUT2D eigenvalue weighted by Gasteiger charge is -2.47. The molecule has 6 rings (SSSR count). The summed E-state index contributed by atoms with van der Waals surface area (Å²) in [5, 5.41) is 1.07. The van der Waals surface area contributed by atoms with Gasteiger partial charge in [-0.1, -0.05) is 48.0 Å². The lowest BCUT2D eigenvalue weighted by molar-refractivity contribution is -0.159. The van der Waals surface area contributed by atoms with E-state index in [2.05, 4.69) is 11.1 Å². The molecule has 188 valence electrons. The summed E-state index contributed by atoms with van der Waals surface area (Å²) >= 11 is 0. The zero-order valence-electron chi connectivity index (χ0n) is 21.2. The Morgan fingerprint density at radius 1 is 0.973 bits per heavy atom. The van der Waals surface area contributed by atoms with Crippen molar-refractivity contribution >= 4 is 22.7 Å². The minimum Gasteiger partial charge on any atom is -0.497 e. The Balaban J connectivity index is 1.47. The van der Waals surface area contributed by atoms with Crippen molar-refractivity contribution in [1.29, 1.82) is 0 Å². The first-order valence-corrected chi connectivity index (χ1v) is 12.5. The molecule has 1 saturated heterocycles. The summed E-state index contributed by atoms with van der Waals surface area (Å²) in [5.41, 5.74) is 5.96. The fourth-order valence-electron chi connectivity index (χ4n) is 5.74. The van der Waals surface area contributed by atoms with Crippen LogP contribution in [0.1, 0.15) is 34.0 Å². The number of H-pyrrole nitrogens is 1. The van der Waals surface area contributed by atoms with Gasteiger partial charge in [0.2, 0.25) is 11.8 Å². The Morgan fingerprint density at radius 2 is 1.76 bits per heavy atom. The van der Waals surface area contributed by atoms with Crippen LogP contribution in [0.25, 0.3) is 10.9 Å². The summed E-state index contributed by atoms with van der Waals surface area (Å²) in [4.78, 5) is 34.8. The van der Waals surface area contributed by atoms with Crippen molar-refractivity contribution in [3.8, 4) is 11.5 Å². The van der Waals surface area contributed by atoms with Gasteiger partial charge in [-0.05, 0) is 36.2 Å². The number of fused-ring (bicyclic) bond motifs is 4. The van der Waals surface area contributed by atoms with E-state index in [0.29, 0.717) is 24.5 Å². The molecule has 3 heterocycles. The molecule has 1 N–H and O–H groups in total. The summed E-state index contributed by atoms with van der Waals surface area (Å²) in [7, 11) is 3.22. The second-order valence-corrected chi connectivity index (χ2v) is 9.77. The number of carbonyl (C=O) groups is 2. The van der Waals surface area contributed by atoms with Crippen molar-refractivity contribution in [3.05, 3.63) is 94.7 Å². The lowest BCUT2D eigenvalue weighted by atomic mass is 9.85. The number of methoxy groups -OCH3 is 2. The predicted octanol–water partition coefficient (Wildman–Crippen LogP) is 4.38. The van der Waals surface area contributed by atoms with Gasteiger partial charge in [0.05, 0.1) is 14.2 Å². The van der Waals surface area contributed by atoms with Gasteiger partial charge >= 0.3 is 0 Å². The van der Waals surface area contributed by atoms with Gasteiger partial charge in [0, 0.05) is 41.2 Å². The summed E-state index contributed by atoms with van der Waals surface area (Å²) in [6.07, 6.45) is 0.462. The Hall–Kier alpha value is -4.26. The standard InChI is InChI=1S/C30H29N3O4/c1-18-8-10-19(11-9-18)16-32-17-27(34)33-25(30(32)35)15-23-21-6-4-5-7-24(21)31-28(23)29(33)22-13-12-20(36-2)14-26(22)37-3/h4-14,25,29,31H,15-17H2,1-3H3/t25-,29?/m0/s1. The number of hydrogen-bond donors (Lipinski definition) is 1. The van der Waals surface area contributed by atoms with E-state index in [9.17, 15) is 9.59 Å². The molecule has 4 aromatic rings. The van der Waals surface area contributed by atoms with E-state index in [1.165, 1.54) is 0 Å². The number of aryl methyl sites for hydroxylation is 1. The van der Waals surface area contributed by atoms with Gasteiger partial charge in [-0.2, -0.15) is 0 Å². The number of para-hydroxylation sites is 1. The van der Waals surface area contributed by atoms with Crippen LogP contribution in [0, 0.1) is 6.92 Å². The number of nitrogens with zero attached hydrogens (tertiary/aromatic N) is 2. The molecule has 2 aliphatic heterocycles. The fraction of sp³-hybridized carbons (Fsp3) is 0.267. The summed E-state index contributed by atoms with van der Waals surface area (Å²) in [6, 6.07) is 20.7. The molecule has 0 bridgehead atoms. The molecule has 1 aromatic heterocycles. The van der Waals surface area contributed by atoms with Crippen LogP contribution >= 0.6 is 0 Å². The van der Waals surface area contributed by atoms with Gasteiger partial charge in [-0.15, -0.1) is 0 Å². The molecule has 0 aliphatic carbocycles. The molecular weight excluding hydrogens is 466 g/mol. The Kier molecular flexibility index (Phi) is 5.63. The second-order valence-electron chi connectivity index (χ2n) is 9.77. The average Bonchev–Trinajstić information content (AvgIpc) is 3.29. The van der Waals surface area contributed by atoms with Crippen molar-refractivity contribution in [3.63, 3.8) is 0 Å². The monoisotopic (exact) mass is 495 g/mol. The normalized spacial score (nSPS) is 19.1. The van der Waals surface area contributed by atoms with E-state index < -0.39 is 12.1 Å². The van der Waals surface area contributed by atoms with E-state index in [4.69, 9.17) is 9.47 Å². The smallest absolute Gasteiger partial charge is 0.246 e. The van der Waals surface area contributed by atoms with Gasteiger partial charge < -0.3 is 24.3 Å². The van der Waals surface area contributed by atoms with Gasteiger partial charge in [0.15, 0.2) is 0 Å². The number of rotatable bonds is 5. The van der Waals surface area contributed by atoms with Crippen molar-refractivity contribution < 1.29 is 19.1 Å². The van der Waals surface area contributed by atoms with Gasteiger partial charge in [-0.25, -0.2) is 0 Å². The Morgan fingerprint density at radius 3 is 2.51 bits per heavy atom. The van der Waals surface area contributed by atoms with Crippen molar-refractivity contribution in [1.82, 2.24) is 14.8 Å². The third kappa shape index (κ3) is 3.82. The van der Waals surface area contributed by atoms with E-state index in [1.54, 1.807) is 24.0 Å². The van der Waals surface area contributed by atoms with Crippen LogP contribution < -0.4 is 9.47 Å². The average molecular weight is 496 g/mol. The number of aromatic amines is 1. The SMILES string of the molecule is COc1ccc(C2c3[nH]c4ccccc4c3C[C@H]3C(=O)N(Cc4ccc(C)cc4)CC(=O)N23)c(OC)c1. The van der Waals surface area contributed by atoms with Crippen LogP contribution in [0.5, 0.6) is 11.5 Å². The predicted molar refractivity (Wildman–Crippen MR) is 141 cm³/mol. The van der Waals surface area contributed by atoms with E-state index in [1.807, 2.05) is 67.6 Å². The molecule has 7 nitrogen and oxygen atoms in total. The molecule has 0 radical (unpaired) electrons. The summed E-state index contributed by atoms with van der Waals surface area (Å²) < 4.78 is 11.2. The number of aromatic nitrogens is 1. The fourth-order valence-corrected chi connectivity index (χ4v) is 5.74. The Bertz CT molecular complexity index is 1510. The molecule has 2 aliphatic rings. The summed E-state index contributed by atoms with van der Waals surface area (Å²) in [6.45, 7) is 2.48. The molecule has 1 unspecified atom stereocenters. The second kappa shape index (κ2) is 9.00. The highest BCUT2D eigenvalue weighted by Crippen LogP contribution is 2.45. The number of piperazine rings is 1. The number of carbonyl (C=O) groups excluding carboxylic acids is 2. The minimum atomic E-state index is -0.602. The van der Waals surface area contributed by atoms with Crippen LogP contribution in [0.4, 0.5) is 0 Å². The molecule has 1 fully saturated rings. The van der Waals surface area contributed by atoms with Crippen molar-refractivity contribution in [2.45, 2.75) is 32.0 Å². The minimum absolute atomic E-state index is 0.0337. The number of ether oxygens (including phenoxy) is 2. The molecule has 0 saturated carbocycles. The van der Waals surface area contributed by atoms with Crippen molar-refractivity contribution in [2.75, 3.05) is 20.8 Å². The topological polar surface area (TPSA) is 74.9 Å². The zero-order valence-corrected chi connectivity index (χ0v) is 21.2. The van der Waals surface area contributed by atoms with Crippen LogP contribution in [-0.2, 0) is 22.6 Å². The third-order valence-electron chi connectivity index (χ3n) is 7.57. The highest BCUT2D eigenvalue weighted by Gasteiger charge is 2.48. The molecule has 37 heavy (non-hydrogen) atoms. The third-order valence-corrected chi connectivity index (χ3v) is 7.57. The maximum Gasteiger partial charge on any atom is 0.246 e. The first-order chi connectivity index (χ1) is 18.0. The number of amides is 2.